The van der Waals surface area contributed by atoms with Crippen LogP contribution in [0.25, 0.3) is 0 Å². The number of nitrogens with zero attached hydrogens (tertiary/aromatic N) is 1. The number of carbonyl (C=O) groups excluding carboxylic acids is 1. The maximum absolute atomic E-state index is 13.5. The number of aryl methyl sites for hydroxylation is 1. The van der Waals surface area contributed by atoms with Crippen LogP contribution in [0.3, 0.4) is 0 Å². The lowest BCUT2D eigenvalue weighted by Gasteiger charge is -2.35. The second-order valence-corrected chi connectivity index (χ2v) is 11.7. The van der Waals surface area contributed by atoms with Crippen molar-refractivity contribution in [3.05, 3.63) is 83.9 Å². The van der Waals surface area contributed by atoms with Crippen molar-refractivity contribution < 1.29 is 22.7 Å². The van der Waals surface area contributed by atoms with Crippen molar-refractivity contribution in [2.75, 3.05) is 24.0 Å². The van der Waals surface area contributed by atoms with Crippen molar-refractivity contribution in [2.24, 2.45) is 0 Å². The molecule has 0 saturated heterocycles. The molecule has 0 radical (unpaired) electrons. The van der Waals surface area contributed by atoms with Gasteiger partial charge in [0.05, 0.1) is 23.7 Å². The Balaban J connectivity index is 1.42. The summed E-state index contributed by atoms with van der Waals surface area (Å²) < 4.78 is 39.8. The number of nitrogens with one attached hydrogen (secondary N) is 1. The van der Waals surface area contributed by atoms with Gasteiger partial charge in [-0.05, 0) is 59.9 Å². The maximum atomic E-state index is 13.5. The van der Waals surface area contributed by atoms with E-state index in [0.29, 0.717) is 11.4 Å². The van der Waals surface area contributed by atoms with Gasteiger partial charge >= 0.3 is 0 Å². The Morgan fingerprint density at radius 3 is 2.42 bits per heavy atom. The van der Waals surface area contributed by atoms with Gasteiger partial charge < -0.3 is 14.8 Å². The molecule has 0 unspecified atom stereocenters. The third kappa shape index (κ3) is 5.65. The number of carbonyl (C=O) groups is 1. The fourth-order valence-corrected chi connectivity index (χ4v) is 5.44. The van der Waals surface area contributed by atoms with Crippen molar-refractivity contribution in [3.63, 3.8) is 0 Å². The van der Waals surface area contributed by atoms with Crippen LogP contribution in [0.15, 0.2) is 77.7 Å². The lowest BCUT2D eigenvalue weighted by Crippen LogP contribution is -2.51. The van der Waals surface area contributed by atoms with Crippen molar-refractivity contribution >= 4 is 21.6 Å². The van der Waals surface area contributed by atoms with Crippen LogP contribution >= 0.6 is 0 Å². The van der Waals surface area contributed by atoms with E-state index in [1.807, 2.05) is 37.3 Å². The van der Waals surface area contributed by atoms with E-state index in [0.717, 1.165) is 11.3 Å². The van der Waals surface area contributed by atoms with E-state index in [-0.39, 0.29) is 30.0 Å². The highest BCUT2D eigenvalue weighted by atomic mass is 32.2. The van der Waals surface area contributed by atoms with Crippen molar-refractivity contribution in [2.45, 2.75) is 44.1 Å². The highest BCUT2D eigenvalue weighted by Crippen LogP contribution is 2.37. The average Bonchev–Trinajstić information content (AvgIpc) is 2.86. The quantitative estimate of drug-likeness (QED) is 0.477. The summed E-state index contributed by atoms with van der Waals surface area (Å²) in [6.07, 6.45) is -0.996. The molecule has 1 atom stereocenters. The molecule has 0 saturated carbocycles. The molecule has 3 aromatic carbocycles. The second kappa shape index (κ2) is 10.2. The Hall–Kier alpha value is -3.52. The number of hydrogen-bond acceptors (Lipinski definition) is 5. The molecule has 1 aliphatic heterocycles. The highest BCUT2D eigenvalue weighted by molar-refractivity contribution is 7.92. The zero-order chi connectivity index (χ0) is 25.9. The van der Waals surface area contributed by atoms with Gasteiger partial charge in [-0.2, -0.15) is 0 Å². The predicted molar refractivity (Wildman–Crippen MR) is 140 cm³/mol. The van der Waals surface area contributed by atoms with Crippen LogP contribution in [0, 0.1) is 6.92 Å². The number of ether oxygens (including phenoxy) is 2. The summed E-state index contributed by atoms with van der Waals surface area (Å²) in [4.78, 5) is 13.1. The number of sulfonamides is 1. The second-order valence-electron chi connectivity index (χ2n) is 9.84. The first kappa shape index (κ1) is 25.6. The Labute approximate surface area is 213 Å². The summed E-state index contributed by atoms with van der Waals surface area (Å²) in [6, 6.07) is 21.4. The van der Waals surface area contributed by atoms with Crippen LogP contribution in [-0.4, -0.2) is 40.1 Å². The smallest absolute Gasteiger partial charge is 0.264 e. The molecule has 1 heterocycles. The minimum atomic E-state index is -3.89. The average molecular weight is 509 g/mol. The fourth-order valence-electron chi connectivity index (χ4n) is 3.95. The first-order chi connectivity index (χ1) is 17.1. The van der Waals surface area contributed by atoms with Gasteiger partial charge in [-0.1, -0.05) is 57.2 Å². The molecule has 8 heteroatoms. The van der Waals surface area contributed by atoms with Crippen LogP contribution in [0.1, 0.15) is 31.9 Å². The lowest BCUT2D eigenvalue weighted by atomic mass is 9.87. The molecule has 4 rings (SSSR count). The third-order valence-electron chi connectivity index (χ3n) is 6.00. The molecule has 1 aliphatic rings. The van der Waals surface area contributed by atoms with Gasteiger partial charge in [-0.3, -0.25) is 9.10 Å². The number of anilines is 1. The summed E-state index contributed by atoms with van der Waals surface area (Å²) in [5.41, 5.74) is 2.58. The fraction of sp³-hybridized carbons (Fsp3) is 0.321. The monoisotopic (exact) mass is 508 g/mol. The maximum Gasteiger partial charge on any atom is 0.264 e. The highest BCUT2D eigenvalue weighted by Gasteiger charge is 2.37. The minimum Gasteiger partial charge on any atom is -0.492 e. The van der Waals surface area contributed by atoms with E-state index >= 15 is 0 Å². The summed E-state index contributed by atoms with van der Waals surface area (Å²) in [7, 11) is -3.89. The van der Waals surface area contributed by atoms with E-state index in [9.17, 15) is 13.2 Å². The van der Waals surface area contributed by atoms with Crippen molar-refractivity contribution in [1.29, 1.82) is 0 Å². The van der Waals surface area contributed by atoms with Gasteiger partial charge in [0.15, 0.2) is 6.10 Å². The number of fused-ring (bicyclic) bond motifs is 1. The molecule has 0 spiro atoms. The van der Waals surface area contributed by atoms with Gasteiger partial charge in [0.2, 0.25) is 0 Å². The molecular formula is C28H32N2O5S. The Morgan fingerprint density at radius 1 is 1.06 bits per heavy atom. The normalized spacial score (nSPS) is 15.6. The van der Waals surface area contributed by atoms with E-state index in [1.54, 1.807) is 42.5 Å². The Kier molecular flexibility index (Phi) is 7.26. The number of rotatable bonds is 7. The topological polar surface area (TPSA) is 84.9 Å². The Bertz CT molecular complexity index is 1320. The summed E-state index contributed by atoms with van der Waals surface area (Å²) >= 11 is 0. The molecular weight excluding hydrogens is 476 g/mol. The van der Waals surface area contributed by atoms with E-state index in [2.05, 4.69) is 26.1 Å². The molecule has 36 heavy (non-hydrogen) atoms. The molecule has 3 aromatic rings. The van der Waals surface area contributed by atoms with Gasteiger partial charge in [0.25, 0.3) is 15.9 Å². The Morgan fingerprint density at radius 2 is 1.75 bits per heavy atom. The van der Waals surface area contributed by atoms with Gasteiger partial charge in [0.1, 0.15) is 18.1 Å². The first-order valence-corrected chi connectivity index (χ1v) is 13.4. The molecule has 1 N–H and O–H groups in total. The summed E-state index contributed by atoms with van der Waals surface area (Å²) in [6.45, 7) is 8.73. The molecule has 1 amide bonds. The molecule has 0 fully saturated rings. The lowest BCUT2D eigenvalue weighted by molar-refractivity contribution is -0.127. The van der Waals surface area contributed by atoms with Crippen LogP contribution < -0.4 is 19.1 Å². The number of benzene rings is 3. The summed E-state index contributed by atoms with van der Waals surface area (Å²) in [5, 5.41) is 2.80. The zero-order valence-electron chi connectivity index (χ0n) is 21.0. The van der Waals surface area contributed by atoms with Crippen molar-refractivity contribution in [3.8, 4) is 11.5 Å². The zero-order valence-corrected chi connectivity index (χ0v) is 21.8. The summed E-state index contributed by atoms with van der Waals surface area (Å²) in [5.74, 6) is 0.665. The predicted octanol–water partition coefficient (Wildman–Crippen LogP) is 4.44. The minimum absolute atomic E-state index is 0.0612. The standard InChI is InChI=1S/C28H32N2O5S/c1-20-10-15-25-24(18-20)30(36(32,33)23-8-6-5-7-9-23)19-26(35-25)27(31)29-16-17-34-22-13-11-21(12-14-22)28(2,3)4/h5-15,18,26H,16-17,19H2,1-4H3,(H,29,31)/t26-/m0/s1. The van der Waals surface area contributed by atoms with Gasteiger partial charge in [0, 0.05) is 0 Å². The third-order valence-corrected chi connectivity index (χ3v) is 7.79. The van der Waals surface area contributed by atoms with Gasteiger partial charge in [-0.25, -0.2) is 8.42 Å². The van der Waals surface area contributed by atoms with Crippen LogP contribution in [0.5, 0.6) is 11.5 Å². The molecule has 7 nitrogen and oxygen atoms in total. The van der Waals surface area contributed by atoms with Crippen LogP contribution in [0.4, 0.5) is 5.69 Å². The van der Waals surface area contributed by atoms with E-state index in [4.69, 9.17) is 9.47 Å². The number of amides is 1. The van der Waals surface area contributed by atoms with Crippen LogP contribution in [0.2, 0.25) is 0 Å². The molecule has 0 bridgehead atoms. The number of hydrogen-bond donors (Lipinski definition) is 1. The van der Waals surface area contributed by atoms with E-state index in [1.165, 1.54) is 9.87 Å². The molecule has 0 aromatic heterocycles. The first-order valence-electron chi connectivity index (χ1n) is 11.9. The SMILES string of the molecule is Cc1ccc2c(c1)N(S(=O)(=O)c1ccccc1)C[C@@H](C(=O)NCCOc1ccc(C(C)(C)C)cc1)O2. The van der Waals surface area contributed by atoms with Crippen molar-refractivity contribution in [1.82, 2.24) is 5.32 Å². The van der Waals surface area contributed by atoms with E-state index < -0.39 is 22.0 Å². The largest absolute Gasteiger partial charge is 0.492 e. The molecule has 0 aliphatic carbocycles. The molecule has 190 valence electrons. The van der Waals surface area contributed by atoms with Gasteiger partial charge in [-0.15, -0.1) is 0 Å². The van der Waals surface area contributed by atoms with Crippen LogP contribution in [-0.2, 0) is 20.2 Å².